The summed E-state index contributed by atoms with van der Waals surface area (Å²) in [6.45, 7) is 4.40. The number of amides is 3. The summed E-state index contributed by atoms with van der Waals surface area (Å²) in [5, 5.41) is 18.1. The molecule has 0 unspecified atom stereocenters. The predicted octanol–water partition coefficient (Wildman–Crippen LogP) is 1.99. The number of carbonyl (C=O) groups is 3. The Kier molecular flexibility index (Phi) is 6.90. The van der Waals surface area contributed by atoms with Crippen LogP contribution in [0, 0.1) is 29.0 Å². The lowest BCUT2D eigenvalue weighted by atomic mass is 9.98. The lowest BCUT2D eigenvalue weighted by Gasteiger charge is -2.22. The summed E-state index contributed by atoms with van der Waals surface area (Å²) in [5.74, 6) is -1.70. The van der Waals surface area contributed by atoms with E-state index in [9.17, 15) is 24.0 Å². The van der Waals surface area contributed by atoms with E-state index in [1.165, 1.54) is 24.3 Å². The highest BCUT2D eigenvalue weighted by atomic mass is 19.1. The van der Waals surface area contributed by atoms with E-state index in [1.807, 2.05) is 19.9 Å². The van der Waals surface area contributed by atoms with Gasteiger partial charge < -0.3 is 20.9 Å². The second kappa shape index (κ2) is 9.60. The number of benzene rings is 1. The van der Waals surface area contributed by atoms with E-state index in [0.717, 1.165) is 0 Å². The van der Waals surface area contributed by atoms with Crippen molar-refractivity contribution in [3.8, 4) is 6.07 Å². The van der Waals surface area contributed by atoms with Gasteiger partial charge in [0.1, 0.15) is 23.6 Å². The third-order valence-corrected chi connectivity index (χ3v) is 5.31. The number of aromatic amines is 1. The van der Waals surface area contributed by atoms with Crippen molar-refractivity contribution in [2.24, 2.45) is 11.8 Å². The van der Waals surface area contributed by atoms with Crippen molar-refractivity contribution in [3.05, 3.63) is 35.8 Å². The Balaban J connectivity index is 1.69. The summed E-state index contributed by atoms with van der Waals surface area (Å²) >= 11 is 0. The summed E-state index contributed by atoms with van der Waals surface area (Å²) in [6.07, 6.45) is 1.22. The van der Waals surface area contributed by atoms with Crippen molar-refractivity contribution in [3.63, 3.8) is 0 Å². The number of rotatable bonds is 8. The largest absolute Gasteiger partial charge is 0.356 e. The second-order valence-corrected chi connectivity index (χ2v) is 8.27. The molecule has 8 nitrogen and oxygen atoms in total. The molecule has 1 aliphatic rings. The molecule has 0 aliphatic carbocycles. The highest BCUT2D eigenvalue weighted by molar-refractivity contribution is 6.00. The van der Waals surface area contributed by atoms with Crippen LogP contribution < -0.4 is 16.0 Å². The van der Waals surface area contributed by atoms with Gasteiger partial charge in [-0.15, -0.1) is 0 Å². The van der Waals surface area contributed by atoms with Gasteiger partial charge in [-0.2, -0.15) is 5.26 Å². The second-order valence-electron chi connectivity index (χ2n) is 8.27. The molecule has 1 saturated heterocycles. The molecule has 9 heteroatoms. The molecule has 1 aromatic carbocycles. The molecule has 3 atom stereocenters. The highest BCUT2D eigenvalue weighted by Gasteiger charge is 2.30. The van der Waals surface area contributed by atoms with Crippen LogP contribution in [0.3, 0.4) is 0 Å². The first-order valence-corrected chi connectivity index (χ1v) is 10.3. The number of aromatic nitrogens is 1. The van der Waals surface area contributed by atoms with Crippen LogP contribution in [0.1, 0.15) is 43.6 Å². The Morgan fingerprint density at radius 2 is 2.06 bits per heavy atom. The summed E-state index contributed by atoms with van der Waals surface area (Å²) in [6, 6.07) is 6.01. The molecule has 0 bridgehead atoms. The number of halogens is 1. The average Bonchev–Trinajstić information content (AvgIpc) is 3.32. The number of H-pyrrole nitrogens is 1. The van der Waals surface area contributed by atoms with Crippen molar-refractivity contribution in [2.45, 2.75) is 45.2 Å². The Labute approximate surface area is 179 Å². The van der Waals surface area contributed by atoms with Crippen molar-refractivity contribution in [1.82, 2.24) is 20.9 Å². The highest BCUT2D eigenvalue weighted by Crippen LogP contribution is 2.18. The zero-order valence-corrected chi connectivity index (χ0v) is 17.5. The summed E-state index contributed by atoms with van der Waals surface area (Å²) in [5.41, 5.74) is 0.817. The van der Waals surface area contributed by atoms with Crippen LogP contribution in [0.5, 0.6) is 0 Å². The maximum atomic E-state index is 13.4. The van der Waals surface area contributed by atoms with Crippen LogP contribution in [-0.4, -0.2) is 41.3 Å². The topological polar surface area (TPSA) is 127 Å². The molecule has 1 aliphatic heterocycles. The van der Waals surface area contributed by atoms with E-state index < -0.39 is 29.7 Å². The van der Waals surface area contributed by atoms with Gasteiger partial charge in [0, 0.05) is 23.4 Å². The fraction of sp³-hybridized carbons (Fsp3) is 0.455. The summed E-state index contributed by atoms with van der Waals surface area (Å²) in [7, 11) is 0. The van der Waals surface area contributed by atoms with Gasteiger partial charge in [0.15, 0.2) is 0 Å². The third kappa shape index (κ3) is 5.60. The van der Waals surface area contributed by atoms with Crippen LogP contribution in [0.25, 0.3) is 10.9 Å². The van der Waals surface area contributed by atoms with Crippen molar-refractivity contribution >= 4 is 28.6 Å². The Hall–Kier alpha value is -3.41. The van der Waals surface area contributed by atoms with Crippen molar-refractivity contribution in [1.29, 1.82) is 5.26 Å². The van der Waals surface area contributed by atoms with Crippen LogP contribution in [-0.2, 0) is 9.59 Å². The molecule has 3 amide bonds. The first-order chi connectivity index (χ1) is 14.8. The smallest absolute Gasteiger partial charge is 0.268 e. The molecule has 1 fully saturated rings. The maximum absolute atomic E-state index is 13.4. The van der Waals surface area contributed by atoms with E-state index in [-0.39, 0.29) is 29.9 Å². The SMILES string of the molecule is CC(C)C[C@H](NC(=O)c1cc2cc(F)ccc2[nH]1)C(=O)N[C@H](C#N)C[C@@H]1CCNC1=O. The van der Waals surface area contributed by atoms with Crippen LogP contribution in [0.4, 0.5) is 4.39 Å². The van der Waals surface area contributed by atoms with Gasteiger partial charge in [0.2, 0.25) is 11.8 Å². The molecule has 164 valence electrons. The molecule has 0 radical (unpaired) electrons. The zero-order chi connectivity index (χ0) is 22.5. The van der Waals surface area contributed by atoms with Crippen molar-refractivity contribution < 1.29 is 18.8 Å². The fourth-order valence-corrected chi connectivity index (χ4v) is 3.74. The Morgan fingerprint density at radius 1 is 1.29 bits per heavy atom. The number of nitrogens with zero attached hydrogens (tertiary/aromatic N) is 1. The molecule has 4 N–H and O–H groups in total. The lowest BCUT2D eigenvalue weighted by Crippen LogP contribution is -2.50. The van der Waals surface area contributed by atoms with Crippen LogP contribution in [0.15, 0.2) is 24.3 Å². The molecule has 2 heterocycles. The van der Waals surface area contributed by atoms with E-state index in [0.29, 0.717) is 30.3 Å². The van der Waals surface area contributed by atoms with E-state index in [1.54, 1.807) is 0 Å². The summed E-state index contributed by atoms with van der Waals surface area (Å²) < 4.78 is 13.4. The van der Waals surface area contributed by atoms with Gasteiger partial charge in [-0.1, -0.05) is 13.8 Å². The van der Waals surface area contributed by atoms with Crippen LogP contribution in [0.2, 0.25) is 0 Å². The normalized spacial score (nSPS) is 17.8. The minimum absolute atomic E-state index is 0.106. The Morgan fingerprint density at radius 3 is 2.71 bits per heavy atom. The molecule has 2 aromatic rings. The predicted molar refractivity (Wildman–Crippen MR) is 112 cm³/mol. The quantitative estimate of drug-likeness (QED) is 0.514. The summed E-state index contributed by atoms with van der Waals surface area (Å²) in [4.78, 5) is 40.3. The number of hydrogen-bond donors (Lipinski definition) is 4. The maximum Gasteiger partial charge on any atom is 0.268 e. The van der Waals surface area contributed by atoms with Gasteiger partial charge >= 0.3 is 0 Å². The van der Waals surface area contributed by atoms with Gasteiger partial charge in [0.05, 0.1) is 6.07 Å². The number of fused-ring (bicyclic) bond motifs is 1. The first-order valence-electron chi connectivity index (χ1n) is 10.3. The molecule has 31 heavy (non-hydrogen) atoms. The monoisotopic (exact) mass is 427 g/mol. The van der Waals surface area contributed by atoms with Crippen molar-refractivity contribution in [2.75, 3.05) is 6.54 Å². The number of nitrogens with one attached hydrogen (secondary N) is 4. The molecule has 3 rings (SSSR count). The Bertz CT molecular complexity index is 1030. The van der Waals surface area contributed by atoms with E-state index >= 15 is 0 Å². The first kappa shape index (κ1) is 22.3. The fourth-order valence-electron chi connectivity index (χ4n) is 3.74. The van der Waals surface area contributed by atoms with Gasteiger partial charge in [-0.05, 0) is 49.4 Å². The molecule has 0 saturated carbocycles. The van der Waals surface area contributed by atoms with Gasteiger partial charge in [0.25, 0.3) is 5.91 Å². The van der Waals surface area contributed by atoms with Gasteiger partial charge in [-0.3, -0.25) is 14.4 Å². The van der Waals surface area contributed by atoms with Crippen LogP contribution >= 0.6 is 0 Å². The molecular weight excluding hydrogens is 401 g/mol. The zero-order valence-electron chi connectivity index (χ0n) is 17.5. The average molecular weight is 427 g/mol. The number of hydrogen-bond acceptors (Lipinski definition) is 4. The third-order valence-electron chi connectivity index (χ3n) is 5.31. The number of nitriles is 1. The lowest BCUT2D eigenvalue weighted by molar-refractivity contribution is -0.125. The molecular formula is C22H26FN5O3. The minimum atomic E-state index is -0.857. The standard InChI is InChI=1S/C22H26FN5O3/c1-12(2)7-18(21(30)26-16(11-24)9-13-5-6-25-20(13)29)28-22(31)19-10-14-8-15(23)3-4-17(14)27-19/h3-4,8,10,12-13,16,18,27H,5-7,9H2,1-2H3,(H,25,29)(H,26,30)(H,28,31)/t13-,16-,18-/m0/s1. The molecule has 1 aromatic heterocycles. The van der Waals surface area contributed by atoms with E-state index in [4.69, 9.17) is 0 Å². The molecule has 0 spiro atoms. The number of carbonyl (C=O) groups excluding carboxylic acids is 3. The van der Waals surface area contributed by atoms with Gasteiger partial charge in [-0.25, -0.2) is 4.39 Å². The minimum Gasteiger partial charge on any atom is -0.356 e. The van der Waals surface area contributed by atoms with E-state index in [2.05, 4.69) is 20.9 Å².